The number of hydrogen-bond acceptors (Lipinski definition) is 6. The van der Waals surface area contributed by atoms with Crippen molar-refractivity contribution >= 4 is 22.1 Å². The lowest BCUT2D eigenvalue weighted by Gasteiger charge is -2.31. The van der Waals surface area contributed by atoms with Crippen molar-refractivity contribution in [2.75, 3.05) is 19.3 Å². The molecule has 0 aliphatic carbocycles. The van der Waals surface area contributed by atoms with Gasteiger partial charge in [0, 0.05) is 19.5 Å². The van der Waals surface area contributed by atoms with E-state index < -0.39 is 39.8 Å². The van der Waals surface area contributed by atoms with E-state index in [1.807, 2.05) is 0 Å². The Morgan fingerprint density at radius 2 is 1.93 bits per heavy atom. The molecule has 1 aromatic rings. The van der Waals surface area contributed by atoms with Crippen LogP contribution in [0.4, 0.5) is 9.18 Å². The first-order valence-corrected chi connectivity index (χ1v) is 11.1. The molecule has 1 N–H and O–H groups in total. The van der Waals surface area contributed by atoms with Gasteiger partial charge in [-0.2, -0.15) is 8.42 Å². The third-order valence-corrected chi connectivity index (χ3v) is 4.78. The van der Waals surface area contributed by atoms with Gasteiger partial charge in [-0.3, -0.25) is 8.98 Å². The van der Waals surface area contributed by atoms with Gasteiger partial charge in [0.05, 0.1) is 12.3 Å². The van der Waals surface area contributed by atoms with Gasteiger partial charge in [0.25, 0.3) is 10.1 Å². The normalized spacial score (nSPS) is 18.6. The summed E-state index contributed by atoms with van der Waals surface area (Å²) in [5, 5.41) is 2.58. The minimum absolute atomic E-state index is 0.131. The van der Waals surface area contributed by atoms with E-state index in [1.165, 1.54) is 29.2 Å². The van der Waals surface area contributed by atoms with Gasteiger partial charge < -0.3 is 15.0 Å². The van der Waals surface area contributed by atoms with E-state index in [0.717, 1.165) is 6.26 Å². The summed E-state index contributed by atoms with van der Waals surface area (Å²) in [7, 11) is -3.84. The quantitative estimate of drug-likeness (QED) is 0.667. The maximum atomic E-state index is 13.3. The van der Waals surface area contributed by atoms with E-state index in [9.17, 15) is 22.4 Å². The Kier molecular flexibility index (Phi) is 7.23. The number of carbonyl (C=O) groups is 2. The summed E-state index contributed by atoms with van der Waals surface area (Å²) in [4.78, 5) is 25.6. The van der Waals surface area contributed by atoms with Crippen LogP contribution in [0.25, 0.3) is 0 Å². The van der Waals surface area contributed by atoms with Crippen molar-refractivity contribution in [1.29, 1.82) is 0 Å². The Hall–Kier alpha value is -2.20. The average molecular weight is 430 g/mol. The Morgan fingerprint density at radius 1 is 1.31 bits per heavy atom. The van der Waals surface area contributed by atoms with Gasteiger partial charge in [-0.05, 0) is 44.9 Å². The molecule has 10 heteroatoms. The van der Waals surface area contributed by atoms with Gasteiger partial charge in [-0.1, -0.05) is 12.1 Å². The summed E-state index contributed by atoms with van der Waals surface area (Å²) in [6.07, 6.45) is -0.0545. The van der Waals surface area contributed by atoms with E-state index in [-0.39, 0.29) is 25.4 Å². The Labute approximate surface area is 170 Å². The van der Waals surface area contributed by atoms with Crippen molar-refractivity contribution in [3.8, 4) is 0 Å². The third-order valence-electron chi connectivity index (χ3n) is 4.22. The molecule has 1 heterocycles. The fourth-order valence-electron chi connectivity index (χ4n) is 3.14. The minimum atomic E-state index is -3.84. The molecule has 162 valence electrons. The monoisotopic (exact) mass is 430 g/mol. The second-order valence-electron chi connectivity index (χ2n) is 7.89. The number of ether oxygens (including phenoxy) is 1. The fourth-order valence-corrected chi connectivity index (χ4v) is 3.75. The molecule has 0 aromatic heterocycles. The molecule has 0 spiro atoms. The molecule has 0 radical (unpaired) electrons. The Balaban J connectivity index is 2.13. The topological polar surface area (TPSA) is 102 Å². The summed E-state index contributed by atoms with van der Waals surface area (Å²) < 4.78 is 47.3. The molecule has 0 saturated carbocycles. The maximum Gasteiger partial charge on any atom is 0.407 e. The van der Waals surface area contributed by atoms with Gasteiger partial charge >= 0.3 is 6.09 Å². The molecule has 8 nitrogen and oxygen atoms in total. The van der Waals surface area contributed by atoms with Crippen LogP contribution in [0.3, 0.4) is 0 Å². The lowest BCUT2D eigenvalue weighted by Crippen LogP contribution is -2.44. The fraction of sp³-hybridized carbons (Fsp3) is 0.579. The minimum Gasteiger partial charge on any atom is -0.444 e. The van der Waals surface area contributed by atoms with Gasteiger partial charge in [-0.15, -0.1) is 0 Å². The van der Waals surface area contributed by atoms with E-state index in [2.05, 4.69) is 5.32 Å². The van der Waals surface area contributed by atoms with Crippen molar-refractivity contribution in [1.82, 2.24) is 10.2 Å². The van der Waals surface area contributed by atoms with Crippen molar-refractivity contribution < 1.29 is 31.3 Å². The highest BCUT2D eigenvalue weighted by Gasteiger charge is 2.39. The van der Waals surface area contributed by atoms with Gasteiger partial charge in [0.15, 0.2) is 0 Å². The average Bonchev–Trinajstić information content (AvgIpc) is 2.92. The maximum absolute atomic E-state index is 13.3. The van der Waals surface area contributed by atoms with Gasteiger partial charge in [0.2, 0.25) is 5.91 Å². The van der Waals surface area contributed by atoms with Gasteiger partial charge in [-0.25, -0.2) is 9.18 Å². The molecule has 2 amide bonds. The number of nitrogens with one attached hydrogen (secondary N) is 1. The van der Waals surface area contributed by atoms with E-state index in [0.29, 0.717) is 12.0 Å². The van der Waals surface area contributed by atoms with Crippen LogP contribution in [0.1, 0.15) is 45.3 Å². The molecule has 1 aliphatic rings. The number of benzene rings is 1. The standard InChI is InChI=1S/C19H27FN2O6S/c1-19(2,3)27-18(24)21-11-12-22-15(9-10-16(22)23)17(28-29(4,25)26)13-5-7-14(20)8-6-13/h5-8,15,17H,9-12H2,1-4H3,(H,21,24)/t15-,17?/m0/s1. The molecule has 1 aromatic carbocycles. The number of amides is 2. The number of likely N-dealkylation sites (tertiary alicyclic amines) is 1. The van der Waals surface area contributed by atoms with Crippen LogP contribution in [0, 0.1) is 5.82 Å². The van der Waals surface area contributed by atoms with Crippen molar-refractivity contribution in [3.63, 3.8) is 0 Å². The van der Waals surface area contributed by atoms with Crippen LogP contribution in [-0.4, -0.2) is 56.3 Å². The molecule has 1 fully saturated rings. The predicted octanol–water partition coefficient (Wildman–Crippen LogP) is 2.36. The molecule has 29 heavy (non-hydrogen) atoms. The number of rotatable bonds is 7. The second kappa shape index (κ2) is 9.08. The van der Waals surface area contributed by atoms with E-state index in [1.54, 1.807) is 20.8 Å². The lowest BCUT2D eigenvalue weighted by molar-refractivity contribution is -0.130. The van der Waals surface area contributed by atoms with Crippen LogP contribution >= 0.6 is 0 Å². The first kappa shape index (κ1) is 23.1. The molecule has 1 aliphatic heterocycles. The van der Waals surface area contributed by atoms with Crippen molar-refractivity contribution in [3.05, 3.63) is 35.6 Å². The smallest absolute Gasteiger partial charge is 0.407 e. The summed E-state index contributed by atoms with van der Waals surface area (Å²) >= 11 is 0. The number of nitrogens with zero attached hydrogens (tertiary/aromatic N) is 1. The molecule has 2 rings (SSSR count). The molecule has 1 saturated heterocycles. The summed E-state index contributed by atoms with van der Waals surface area (Å²) in [5.74, 6) is -0.641. The Morgan fingerprint density at radius 3 is 2.48 bits per heavy atom. The van der Waals surface area contributed by atoms with Crippen LogP contribution in [0.15, 0.2) is 24.3 Å². The molecule has 1 unspecified atom stereocenters. The zero-order valence-corrected chi connectivity index (χ0v) is 17.8. The Bertz CT molecular complexity index is 835. The lowest BCUT2D eigenvalue weighted by atomic mass is 10.0. The first-order valence-electron chi connectivity index (χ1n) is 9.26. The van der Waals surface area contributed by atoms with Crippen LogP contribution < -0.4 is 5.32 Å². The second-order valence-corrected chi connectivity index (χ2v) is 9.50. The molecule has 2 atom stereocenters. The SMILES string of the molecule is CC(C)(C)OC(=O)NCCN1C(=O)CC[C@H]1C(OS(C)(=O)=O)c1ccc(F)cc1. The highest BCUT2D eigenvalue weighted by atomic mass is 32.2. The number of alkyl carbamates (subject to hydrolysis) is 1. The van der Waals surface area contributed by atoms with Crippen LogP contribution in [-0.2, 0) is 23.8 Å². The van der Waals surface area contributed by atoms with Crippen molar-refractivity contribution in [2.45, 2.75) is 51.4 Å². The van der Waals surface area contributed by atoms with Crippen LogP contribution in [0.5, 0.6) is 0 Å². The molecular weight excluding hydrogens is 403 g/mol. The van der Waals surface area contributed by atoms with E-state index in [4.69, 9.17) is 8.92 Å². The number of halogens is 1. The summed E-state index contributed by atoms with van der Waals surface area (Å²) in [6, 6.07) is 4.72. The molecular formula is C19H27FN2O6S. The van der Waals surface area contributed by atoms with E-state index >= 15 is 0 Å². The zero-order chi connectivity index (χ0) is 21.8. The van der Waals surface area contributed by atoms with Crippen molar-refractivity contribution in [2.24, 2.45) is 0 Å². The largest absolute Gasteiger partial charge is 0.444 e. The number of hydrogen-bond donors (Lipinski definition) is 1. The highest BCUT2D eigenvalue weighted by molar-refractivity contribution is 7.86. The molecule has 0 bridgehead atoms. The first-order chi connectivity index (χ1) is 13.4. The van der Waals surface area contributed by atoms with Gasteiger partial charge in [0.1, 0.15) is 17.5 Å². The zero-order valence-electron chi connectivity index (χ0n) is 17.0. The predicted molar refractivity (Wildman–Crippen MR) is 104 cm³/mol. The highest BCUT2D eigenvalue weighted by Crippen LogP contribution is 2.34. The number of carbonyl (C=O) groups excluding carboxylic acids is 2. The van der Waals surface area contributed by atoms with Crippen LogP contribution in [0.2, 0.25) is 0 Å². The summed E-state index contributed by atoms with van der Waals surface area (Å²) in [5.41, 5.74) is -0.200. The third kappa shape index (κ3) is 7.28. The summed E-state index contributed by atoms with van der Waals surface area (Å²) in [6.45, 7) is 5.51.